The molecule has 2 aromatic rings. The van der Waals surface area contributed by atoms with Crippen molar-refractivity contribution in [3.63, 3.8) is 0 Å². The van der Waals surface area contributed by atoms with Crippen LogP contribution in [0.25, 0.3) is 0 Å². The molecule has 0 atom stereocenters. The molecule has 0 unspecified atom stereocenters. The van der Waals surface area contributed by atoms with Gasteiger partial charge in [0.2, 0.25) is 0 Å². The van der Waals surface area contributed by atoms with Crippen molar-refractivity contribution in [3.05, 3.63) is 64.4 Å². The smallest absolute Gasteiger partial charge is 0.339 e. The number of anilines is 1. The fourth-order valence-corrected chi connectivity index (χ4v) is 2.60. The summed E-state index contributed by atoms with van der Waals surface area (Å²) in [5, 5.41) is 6.84. The lowest BCUT2D eigenvalue weighted by molar-refractivity contribution is 0.0601. The molecule has 0 aliphatic carbocycles. The maximum Gasteiger partial charge on any atom is 0.339 e. The number of hydrogen-bond acceptors (Lipinski definition) is 3. The van der Waals surface area contributed by atoms with Crippen LogP contribution in [0.2, 0.25) is 5.02 Å². The van der Waals surface area contributed by atoms with Crippen molar-refractivity contribution in [2.75, 3.05) is 19.0 Å². The van der Waals surface area contributed by atoms with Crippen molar-refractivity contribution >= 4 is 40.6 Å². The van der Waals surface area contributed by atoms with Crippen LogP contribution < -0.4 is 10.6 Å². The number of esters is 1. The molecule has 0 aliphatic heterocycles. The quantitative estimate of drug-likeness (QED) is 0.447. The van der Waals surface area contributed by atoms with Gasteiger partial charge < -0.3 is 15.4 Å². The number of halogens is 2. The van der Waals surface area contributed by atoms with Gasteiger partial charge in [0, 0.05) is 12.2 Å². The van der Waals surface area contributed by atoms with E-state index in [-0.39, 0.29) is 11.4 Å². The summed E-state index contributed by atoms with van der Waals surface area (Å²) in [5.41, 5.74) is 1.98. The Morgan fingerprint density at radius 1 is 1.24 bits per heavy atom. The molecule has 4 nitrogen and oxygen atoms in total. The van der Waals surface area contributed by atoms with Gasteiger partial charge in [-0.05, 0) is 61.0 Å². The maximum absolute atomic E-state index is 12.8. The van der Waals surface area contributed by atoms with Crippen LogP contribution in [0.5, 0.6) is 0 Å². The highest BCUT2D eigenvalue weighted by Gasteiger charge is 2.11. The van der Waals surface area contributed by atoms with E-state index >= 15 is 0 Å². The van der Waals surface area contributed by atoms with Gasteiger partial charge in [0.25, 0.3) is 0 Å². The average Bonchev–Trinajstić information content (AvgIpc) is 2.61. The molecule has 7 heteroatoms. The monoisotopic (exact) mass is 380 g/mol. The minimum absolute atomic E-state index is 0.235. The van der Waals surface area contributed by atoms with E-state index in [0.29, 0.717) is 22.4 Å². The average molecular weight is 381 g/mol. The lowest BCUT2D eigenvalue weighted by Crippen LogP contribution is -2.29. The first-order valence-corrected chi connectivity index (χ1v) is 8.45. The molecule has 0 radical (unpaired) electrons. The third-order valence-electron chi connectivity index (χ3n) is 3.47. The van der Waals surface area contributed by atoms with E-state index < -0.39 is 5.97 Å². The molecule has 0 bridgehead atoms. The zero-order chi connectivity index (χ0) is 18.2. The number of benzene rings is 2. The van der Waals surface area contributed by atoms with Gasteiger partial charge >= 0.3 is 5.97 Å². The Bertz CT molecular complexity index is 753. The van der Waals surface area contributed by atoms with Crippen molar-refractivity contribution in [1.29, 1.82) is 0 Å². The molecule has 2 aromatic carbocycles. The summed E-state index contributed by atoms with van der Waals surface area (Å²) in [7, 11) is 1.30. The van der Waals surface area contributed by atoms with Crippen LogP contribution in [0.3, 0.4) is 0 Å². The third kappa shape index (κ3) is 5.99. The lowest BCUT2D eigenvalue weighted by Gasteiger charge is -2.12. The topological polar surface area (TPSA) is 50.4 Å². The molecule has 0 aromatic heterocycles. The van der Waals surface area contributed by atoms with Crippen molar-refractivity contribution in [2.24, 2.45) is 0 Å². The molecule has 0 saturated carbocycles. The van der Waals surface area contributed by atoms with Gasteiger partial charge in [0.05, 0.1) is 17.7 Å². The third-order valence-corrected chi connectivity index (χ3v) is 4.05. The van der Waals surface area contributed by atoms with Crippen molar-refractivity contribution in [2.45, 2.75) is 12.8 Å². The van der Waals surface area contributed by atoms with Crippen molar-refractivity contribution in [1.82, 2.24) is 5.32 Å². The van der Waals surface area contributed by atoms with Gasteiger partial charge in [-0.15, -0.1) is 0 Å². The molecule has 2 N–H and O–H groups in total. The zero-order valence-electron chi connectivity index (χ0n) is 13.6. The number of nitrogens with one attached hydrogen (secondary N) is 2. The molecule has 2 rings (SSSR count). The highest BCUT2D eigenvalue weighted by atomic mass is 35.5. The van der Waals surface area contributed by atoms with Gasteiger partial charge in [0.15, 0.2) is 5.11 Å². The second-order valence-electron chi connectivity index (χ2n) is 5.30. The van der Waals surface area contributed by atoms with Crippen LogP contribution in [-0.4, -0.2) is 24.7 Å². The SMILES string of the molecule is COC(=O)c1cc(NC(=S)NCCCc2ccc(F)cc2)ccc1Cl. The number of thiocarbonyl (C=S) groups is 1. The van der Waals surface area contributed by atoms with Crippen LogP contribution >= 0.6 is 23.8 Å². The van der Waals surface area contributed by atoms with E-state index in [1.165, 1.54) is 19.2 Å². The summed E-state index contributed by atoms with van der Waals surface area (Å²) in [4.78, 5) is 11.6. The second-order valence-corrected chi connectivity index (χ2v) is 6.11. The first kappa shape index (κ1) is 19.1. The molecule has 132 valence electrons. The minimum atomic E-state index is -0.508. The molecule has 0 spiro atoms. The van der Waals surface area contributed by atoms with Crippen LogP contribution in [0.1, 0.15) is 22.3 Å². The number of methoxy groups -OCH3 is 1. The van der Waals surface area contributed by atoms with E-state index in [1.54, 1.807) is 30.3 Å². The van der Waals surface area contributed by atoms with Gasteiger partial charge in [-0.3, -0.25) is 0 Å². The molecule has 0 heterocycles. The number of hydrogen-bond donors (Lipinski definition) is 2. The van der Waals surface area contributed by atoms with Gasteiger partial charge in [0.1, 0.15) is 5.82 Å². The minimum Gasteiger partial charge on any atom is -0.465 e. The number of ether oxygens (including phenoxy) is 1. The molecular formula is C18H18ClFN2O2S. The van der Waals surface area contributed by atoms with Crippen molar-refractivity contribution in [3.8, 4) is 0 Å². The van der Waals surface area contributed by atoms with Crippen LogP contribution in [0.4, 0.5) is 10.1 Å². The Morgan fingerprint density at radius 2 is 1.96 bits per heavy atom. The van der Waals surface area contributed by atoms with E-state index in [4.69, 9.17) is 23.8 Å². The molecule has 0 fully saturated rings. The van der Waals surface area contributed by atoms with Crippen LogP contribution in [-0.2, 0) is 11.2 Å². The Kier molecular flexibility index (Phi) is 7.16. The number of rotatable bonds is 6. The largest absolute Gasteiger partial charge is 0.465 e. The standard InChI is InChI=1S/C18H18ClFN2O2S/c1-24-17(23)15-11-14(8-9-16(15)19)22-18(25)21-10-2-3-12-4-6-13(20)7-5-12/h4-9,11H,2-3,10H2,1H3,(H2,21,22,25). The Labute approximate surface area is 156 Å². The Balaban J connectivity index is 1.80. The fourth-order valence-electron chi connectivity index (χ4n) is 2.19. The van der Waals surface area contributed by atoms with Crippen LogP contribution in [0, 0.1) is 5.82 Å². The maximum atomic E-state index is 12.8. The summed E-state index contributed by atoms with van der Waals surface area (Å²) in [5.74, 6) is -0.742. The first-order chi connectivity index (χ1) is 12.0. The first-order valence-electron chi connectivity index (χ1n) is 7.67. The molecule has 0 amide bonds. The van der Waals surface area contributed by atoms with E-state index in [1.807, 2.05) is 0 Å². The highest BCUT2D eigenvalue weighted by Crippen LogP contribution is 2.21. The van der Waals surface area contributed by atoms with E-state index in [2.05, 4.69) is 15.4 Å². The Hall–Kier alpha value is -2.18. The highest BCUT2D eigenvalue weighted by molar-refractivity contribution is 7.80. The second kappa shape index (κ2) is 9.34. The number of carbonyl (C=O) groups is 1. The lowest BCUT2D eigenvalue weighted by atomic mass is 10.1. The fraction of sp³-hybridized carbons (Fsp3) is 0.222. The van der Waals surface area contributed by atoms with Crippen molar-refractivity contribution < 1.29 is 13.9 Å². The van der Waals surface area contributed by atoms with Crippen LogP contribution in [0.15, 0.2) is 42.5 Å². The number of aryl methyl sites for hydroxylation is 1. The van der Waals surface area contributed by atoms with Gasteiger partial charge in [-0.2, -0.15) is 0 Å². The summed E-state index contributed by atoms with van der Waals surface area (Å²) >= 11 is 11.2. The normalized spacial score (nSPS) is 10.2. The molecule has 0 saturated heterocycles. The summed E-state index contributed by atoms with van der Waals surface area (Å²) in [6.07, 6.45) is 1.67. The zero-order valence-corrected chi connectivity index (χ0v) is 15.2. The predicted molar refractivity (Wildman–Crippen MR) is 102 cm³/mol. The predicted octanol–water partition coefficient (Wildman–Crippen LogP) is 4.18. The number of carbonyl (C=O) groups excluding carboxylic acids is 1. The Morgan fingerprint density at radius 3 is 2.64 bits per heavy atom. The summed E-state index contributed by atoms with van der Waals surface area (Å²) in [6.45, 7) is 0.667. The molecular weight excluding hydrogens is 363 g/mol. The van der Waals surface area contributed by atoms with Gasteiger partial charge in [-0.1, -0.05) is 23.7 Å². The molecule has 25 heavy (non-hydrogen) atoms. The summed E-state index contributed by atoms with van der Waals surface area (Å²) in [6, 6.07) is 11.4. The van der Waals surface area contributed by atoms with E-state index in [9.17, 15) is 9.18 Å². The molecule has 0 aliphatic rings. The van der Waals surface area contributed by atoms with E-state index in [0.717, 1.165) is 18.4 Å². The summed E-state index contributed by atoms with van der Waals surface area (Å²) < 4.78 is 17.5. The van der Waals surface area contributed by atoms with Gasteiger partial charge in [-0.25, -0.2) is 9.18 Å².